The maximum absolute atomic E-state index is 14.8. The Morgan fingerprint density at radius 2 is 1.87 bits per heavy atom. The van der Waals surface area contributed by atoms with E-state index < -0.39 is 5.41 Å². The van der Waals surface area contributed by atoms with E-state index in [0.717, 1.165) is 16.8 Å². The quantitative estimate of drug-likeness (QED) is 0.440. The topological polar surface area (TPSA) is 69.6 Å². The predicted molar refractivity (Wildman–Crippen MR) is 116 cm³/mol. The van der Waals surface area contributed by atoms with Gasteiger partial charge in [0.25, 0.3) is 0 Å². The third-order valence-corrected chi connectivity index (χ3v) is 5.57. The number of benzene rings is 2. The van der Waals surface area contributed by atoms with E-state index in [1.54, 1.807) is 17.1 Å². The number of tetrazole rings is 1. The van der Waals surface area contributed by atoms with E-state index in [2.05, 4.69) is 73.3 Å². The van der Waals surface area contributed by atoms with E-state index in [0.29, 0.717) is 12.0 Å². The van der Waals surface area contributed by atoms with E-state index in [1.807, 2.05) is 6.07 Å². The van der Waals surface area contributed by atoms with Crippen LogP contribution in [0.1, 0.15) is 51.3 Å². The lowest BCUT2D eigenvalue weighted by atomic mass is 9.76. The van der Waals surface area contributed by atoms with E-state index >= 15 is 0 Å². The molecule has 0 fully saturated rings. The number of rotatable bonds is 5. The predicted octanol–water partition coefficient (Wildman–Crippen LogP) is 5.27. The first-order chi connectivity index (χ1) is 14.7. The third kappa shape index (κ3) is 4.13. The SMILES string of the molecule is CC(C)(C)c1ccc(CC(C)(C)c2cccc(F)c2-c2ncco2)c(-n2cnnn2)c1. The van der Waals surface area contributed by atoms with Gasteiger partial charge < -0.3 is 4.42 Å². The Labute approximate surface area is 181 Å². The molecule has 0 aliphatic heterocycles. The van der Waals surface area contributed by atoms with Gasteiger partial charge in [-0.1, -0.05) is 58.9 Å². The van der Waals surface area contributed by atoms with Crippen LogP contribution >= 0.6 is 0 Å². The van der Waals surface area contributed by atoms with Gasteiger partial charge in [-0.3, -0.25) is 0 Å². The molecule has 31 heavy (non-hydrogen) atoms. The number of hydrogen-bond donors (Lipinski definition) is 0. The average molecular weight is 420 g/mol. The molecule has 7 heteroatoms. The molecule has 0 radical (unpaired) electrons. The van der Waals surface area contributed by atoms with E-state index in [9.17, 15) is 4.39 Å². The van der Waals surface area contributed by atoms with Crippen molar-refractivity contribution in [2.24, 2.45) is 0 Å². The van der Waals surface area contributed by atoms with Crippen LogP contribution in [-0.4, -0.2) is 25.2 Å². The molecule has 160 valence electrons. The summed E-state index contributed by atoms with van der Waals surface area (Å²) in [5.74, 6) is -0.0678. The molecule has 4 aromatic rings. The molecule has 2 heterocycles. The smallest absolute Gasteiger partial charge is 0.229 e. The molecule has 0 N–H and O–H groups in total. The van der Waals surface area contributed by atoms with Crippen molar-refractivity contribution in [2.45, 2.75) is 51.9 Å². The van der Waals surface area contributed by atoms with Crippen molar-refractivity contribution in [3.63, 3.8) is 0 Å². The van der Waals surface area contributed by atoms with Gasteiger partial charge in [-0.25, -0.2) is 14.1 Å². The molecule has 0 unspecified atom stereocenters. The summed E-state index contributed by atoms with van der Waals surface area (Å²) in [5.41, 5.74) is 3.96. The molecule has 0 bridgehead atoms. The van der Waals surface area contributed by atoms with Crippen LogP contribution in [-0.2, 0) is 17.3 Å². The standard InChI is InChI=1S/C24H26FN5O/c1-23(2,3)17-10-9-16(20(13-17)30-15-27-28-29-30)14-24(4,5)18-7-6-8-19(25)21(18)22-26-11-12-31-22/h6-13,15H,14H2,1-5H3. The summed E-state index contributed by atoms with van der Waals surface area (Å²) in [6.45, 7) is 10.7. The van der Waals surface area contributed by atoms with Crippen molar-refractivity contribution >= 4 is 0 Å². The van der Waals surface area contributed by atoms with Gasteiger partial charge in [-0.05, 0) is 56.5 Å². The Hall–Kier alpha value is -3.35. The lowest BCUT2D eigenvalue weighted by molar-refractivity contribution is 0.506. The fourth-order valence-corrected chi connectivity index (χ4v) is 3.89. The zero-order valence-electron chi connectivity index (χ0n) is 18.4. The Kier molecular flexibility index (Phi) is 5.21. The van der Waals surface area contributed by atoms with Gasteiger partial charge in [0, 0.05) is 0 Å². The monoisotopic (exact) mass is 419 g/mol. The van der Waals surface area contributed by atoms with E-state index in [-0.39, 0.29) is 17.1 Å². The Balaban J connectivity index is 1.81. The minimum Gasteiger partial charge on any atom is -0.444 e. The fourth-order valence-electron chi connectivity index (χ4n) is 3.89. The summed E-state index contributed by atoms with van der Waals surface area (Å²) in [4.78, 5) is 4.19. The Morgan fingerprint density at radius 3 is 2.52 bits per heavy atom. The lowest BCUT2D eigenvalue weighted by Crippen LogP contribution is -2.23. The summed E-state index contributed by atoms with van der Waals surface area (Å²) in [6, 6.07) is 11.5. The summed E-state index contributed by atoms with van der Waals surface area (Å²) < 4.78 is 22.0. The van der Waals surface area contributed by atoms with Crippen molar-refractivity contribution in [2.75, 3.05) is 0 Å². The normalized spacial score (nSPS) is 12.3. The molecule has 0 amide bonds. The first-order valence-corrected chi connectivity index (χ1v) is 10.2. The lowest BCUT2D eigenvalue weighted by Gasteiger charge is -2.29. The molecule has 0 aliphatic rings. The summed E-state index contributed by atoms with van der Waals surface area (Å²) in [7, 11) is 0. The van der Waals surface area contributed by atoms with Crippen LogP contribution in [0.3, 0.4) is 0 Å². The van der Waals surface area contributed by atoms with E-state index in [4.69, 9.17) is 4.42 Å². The van der Waals surface area contributed by atoms with Crippen LogP contribution in [0.5, 0.6) is 0 Å². The number of nitrogens with zero attached hydrogens (tertiary/aromatic N) is 5. The van der Waals surface area contributed by atoms with Crippen LogP contribution in [0.15, 0.2) is 59.6 Å². The van der Waals surface area contributed by atoms with Crippen LogP contribution in [0, 0.1) is 5.82 Å². The second-order valence-electron chi connectivity index (χ2n) is 9.41. The van der Waals surface area contributed by atoms with Gasteiger partial charge in [-0.2, -0.15) is 0 Å². The number of hydrogen-bond acceptors (Lipinski definition) is 5. The molecule has 0 spiro atoms. The van der Waals surface area contributed by atoms with Gasteiger partial charge >= 0.3 is 0 Å². The van der Waals surface area contributed by atoms with Crippen LogP contribution in [0.25, 0.3) is 17.1 Å². The summed E-state index contributed by atoms with van der Waals surface area (Å²) in [6.07, 6.45) is 5.22. The maximum atomic E-state index is 14.8. The minimum absolute atomic E-state index is 0.0164. The first-order valence-electron chi connectivity index (χ1n) is 10.2. The highest BCUT2D eigenvalue weighted by Crippen LogP contribution is 2.38. The molecule has 2 aromatic heterocycles. The Morgan fingerprint density at radius 1 is 1.06 bits per heavy atom. The highest BCUT2D eigenvalue weighted by atomic mass is 19.1. The van der Waals surface area contributed by atoms with Gasteiger partial charge in [0.15, 0.2) is 0 Å². The highest BCUT2D eigenvalue weighted by molar-refractivity contribution is 5.62. The zero-order valence-corrected chi connectivity index (χ0v) is 18.4. The maximum Gasteiger partial charge on any atom is 0.229 e. The number of halogens is 1. The van der Waals surface area contributed by atoms with E-state index in [1.165, 1.54) is 24.1 Å². The number of oxazole rings is 1. The van der Waals surface area contributed by atoms with Crippen molar-refractivity contribution < 1.29 is 8.81 Å². The molecule has 0 aliphatic carbocycles. The van der Waals surface area contributed by atoms with Crippen LogP contribution in [0.2, 0.25) is 0 Å². The second kappa shape index (κ2) is 7.72. The molecule has 0 saturated heterocycles. The third-order valence-electron chi connectivity index (χ3n) is 5.57. The molecule has 2 aromatic carbocycles. The molecule has 0 saturated carbocycles. The average Bonchev–Trinajstić information content (AvgIpc) is 3.41. The second-order valence-corrected chi connectivity index (χ2v) is 9.41. The van der Waals surface area contributed by atoms with Crippen molar-refractivity contribution in [3.05, 3.63) is 77.7 Å². The van der Waals surface area contributed by atoms with Crippen molar-refractivity contribution in [1.29, 1.82) is 0 Å². The van der Waals surface area contributed by atoms with Crippen molar-refractivity contribution in [1.82, 2.24) is 25.2 Å². The van der Waals surface area contributed by atoms with Gasteiger partial charge in [0.2, 0.25) is 5.89 Å². The molecule has 0 atom stereocenters. The molecule has 6 nitrogen and oxygen atoms in total. The Bertz CT molecular complexity index is 1180. The first kappa shape index (κ1) is 20.9. The largest absolute Gasteiger partial charge is 0.444 e. The zero-order chi connectivity index (χ0) is 22.2. The van der Waals surface area contributed by atoms with Gasteiger partial charge in [0.05, 0.1) is 17.4 Å². The fraction of sp³-hybridized carbons (Fsp3) is 0.333. The van der Waals surface area contributed by atoms with Gasteiger partial charge in [-0.15, -0.1) is 5.10 Å². The van der Waals surface area contributed by atoms with Crippen LogP contribution in [0.4, 0.5) is 4.39 Å². The summed E-state index contributed by atoms with van der Waals surface area (Å²) in [5, 5.41) is 11.7. The minimum atomic E-state index is -0.419. The van der Waals surface area contributed by atoms with Crippen molar-refractivity contribution in [3.8, 4) is 17.1 Å². The highest BCUT2D eigenvalue weighted by Gasteiger charge is 2.29. The van der Waals surface area contributed by atoms with Gasteiger partial charge in [0.1, 0.15) is 18.4 Å². The molecule has 4 rings (SSSR count). The molecular formula is C24H26FN5O. The summed E-state index contributed by atoms with van der Waals surface area (Å²) >= 11 is 0. The number of aromatic nitrogens is 5. The molecular weight excluding hydrogens is 393 g/mol. The van der Waals surface area contributed by atoms with Crippen LogP contribution < -0.4 is 0 Å².